The Morgan fingerprint density at radius 1 is 1.35 bits per heavy atom. The number of nitrogens with one attached hydrogen (secondary N) is 1. The topological polar surface area (TPSA) is 44.7 Å². The summed E-state index contributed by atoms with van der Waals surface area (Å²) in [5, 5.41) is 13.1. The van der Waals surface area contributed by atoms with E-state index in [-0.39, 0.29) is 0 Å². The SMILES string of the molecule is CCCCOCC(O)CNc1ccc(C)c(N(C)C)c1. The highest BCUT2D eigenvalue weighted by Crippen LogP contribution is 2.22. The van der Waals surface area contributed by atoms with E-state index in [1.165, 1.54) is 11.3 Å². The van der Waals surface area contributed by atoms with Crippen molar-refractivity contribution in [2.24, 2.45) is 0 Å². The fraction of sp³-hybridized carbons (Fsp3) is 0.625. The van der Waals surface area contributed by atoms with Crippen LogP contribution in [0.4, 0.5) is 11.4 Å². The molecule has 0 bridgehead atoms. The number of ether oxygens (including phenoxy) is 1. The van der Waals surface area contributed by atoms with Gasteiger partial charge in [0.1, 0.15) is 0 Å². The maximum atomic E-state index is 9.84. The quantitative estimate of drug-likeness (QED) is 0.683. The predicted octanol–water partition coefficient (Wildman–Crippen LogP) is 2.65. The van der Waals surface area contributed by atoms with Gasteiger partial charge in [-0.25, -0.2) is 0 Å². The van der Waals surface area contributed by atoms with Gasteiger partial charge in [-0.05, 0) is 31.0 Å². The molecule has 0 saturated carbocycles. The zero-order valence-electron chi connectivity index (χ0n) is 13.1. The summed E-state index contributed by atoms with van der Waals surface area (Å²) in [5.74, 6) is 0. The fourth-order valence-corrected chi connectivity index (χ4v) is 1.96. The second kappa shape index (κ2) is 8.82. The van der Waals surface area contributed by atoms with E-state index in [9.17, 15) is 5.11 Å². The average Bonchev–Trinajstić information content (AvgIpc) is 2.42. The Morgan fingerprint density at radius 3 is 2.75 bits per heavy atom. The van der Waals surface area contributed by atoms with Crippen LogP contribution in [0.15, 0.2) is 18.2 Å². The molecular formula is C16H28N2O2. The van der Waals surface area contributed by atoms with Crippen LogP contribution in [0.1, 0.15) is 25.3 Å². The molecule has 1 aromatic carbocycles. The Kier molecular flexibility index (Phi) is 7.41. The number of hydrogen-bond acceptors (Lipinski definition) is 4. The highest BCUT2D eigenvalue weighted by atomic mass is 16.5. The van der Waals surface area contributed by atoms with Gasteiger partial charge in [-0.1, -0.05) is 19.4 Å². The molecule has 1 atom stereocenters. The van der Waals surface area contributed by atoms with Crippen molar-refractivity contribution in [3.63, 3.8) is 0 Å². The molecule has 0 aromatic heterocycles. The van der Waals surface area contributed by atoms with Gasteiger partial charge >= 0.3 is 0 Å². The highest BCUT2D eigenvalue weighted by molar-refractivity contribution is 5.61. The molecule has 0 aliphatic carbocycles. The van der Waals surface area contributed by atoms with Crippen LogP contribution in [-0.2, 0) is 4.74 Å². The first-order valence-corrected chi connectivity index (χ1v) is 7.32. The molecule has 0 radical (unpaired) electrons. The van der Waals surface area contributed by atoms with Crippen LogP contribution in [0.2, 0.25) is 0 Å². The van der Waals surface area contributed by atoms with Crippen molar-refractivity contribution < 1.29 is 9.84 Å². The lowest BCUT2D eigenvalue weighted by Gasteiger charge is -2.18. The zero-order valence-corrected chi connectivity index (χ0v) is 13.1. The molecule has 20 heavy (non-hydrogen) atoms. The summed E-state index contributed by atoms with van der Waals surface area (Å²) in [6, 6.07) is 6.22. The van der Waals surface area contributed by atoms with Gasteiger partial charge in [0.25, 0.3) is 0 Å². The average molecular weight is 280 g/mol. The summed E-state index contributed by atoms with van der Waals surface area (Å²) in [5.41, 5.74) is 3.44. The van der Waals surface area contributed by atoms with Crippen molar-refractivity contribution in [3.05, 3.63) is 23.8 Å². The Bertz CT molecular complexity index is 394. The minimum absolute atomic E-state index is 0.388. The minimum atomic E-state index is -0.476. The van der Waals surface area contributed by atoms with E-state index in [0.717, 1.165) is 25.1 Å². The summed E-state index contributed by atoms with van der Waals surface area (Å²) in [6.07, 6.45) is 1.69. The Balaban J connectivity index is 2.39. The van der Waals surface area contributed by atoms with Crippen molar-refractivity contribution in [2.45, 2.75) is 32.8 Å². The molecule has 114 valence electrons. The molecule has 0 heterocycles. The molecule has 2 N–H and O–H groups in total. The monoisotopic (exact) mass is 280 g/mol. The number of rotatable bonds is 9. The van der Waals surface area contributed by atoms with Crippen LogP contribution < -0.4 is 10.2 Å². The standard InChI is InChI=1S/C16H28N2O2/c1-5-6-9-20-12-15(19)11-17-14-8-7-13(2)16(10-14)18(3)4/h7-8,10,15,17,19H,5-6,9,11-12H2,1-4H3. The van der Waals surface area contributed by atoms with Crippen molar-refractivity contribution in [1.29, 1.82) is 0 Å². The van der Waals surface area contributed by atoms with Gasteiger partial charge in [-0.15, -0.1) is 0 Å². The number of nitrogens with zero attached hydrogens (tertiary/aromatic N) is 1. The van der Waals surface area contributed by atoms with Crippen molar-refractivity contribution in [3.8, 4) is 0 Å². The van der Waals surface area contributed by atoms with Crippen LogP contribution in [0, 0.1) is 6.92 Å². The van der Waals surface area contributed by atoms with Gasteiger partial charge in [-0.2, -0.15) is 0 Å². The van der Waals surface area contributed by atoms with E-state index >= 15 is 0 Å². The van der Waals surface area contributed by atoms with E-state index in [0.29, 0.717) is 13.2 Å². The first-order chi connectivity index (χ1) is 9.54. The van der Waals surface area contributed by atoms with Crippen molar-refractivity contribution >= 4 is 11.4 Å². The molecule has 0 spiro atoms. The second-order valence-electron chi connectivity index (χ2n) is 5.36. The highest BCUT2D eigenvalue weighted by Gasteiger charge is 2.06. The van der Waals surface area contributed by atoms with Crippen molar-refractivity contribution in [2.75, 3.05) is 44.1 Å². The van der Waals surface area contributed by atoms with Crippen molar-refractivity contribution in [1.82, 2.24) is 0 Å². The molecular weight excluding hydrogens is 252 g/mol. The zero-order chi connectivity index (χ0) is 15.0. The van der Waals surface area contributed by atoms with Gasteiger partial charge in [0, 0.05) is 38.6 Å². The van der Waals surface area contributed by atoms with Gasteiger partial charge in [0.15, 0.2) is 0 Å². The third-order valence-electron chi connectivity index (χ3n) is 3.19. The number of anilines is 2. The summed E-state index contributed by atoms with van der Waals surface area (Å²) in [4.78, 5) is 2.09. The number of unbranched alkanes of at least 4 members (excludes halogenated alkanes) is 1. The fourth-order valence-electron chi connectivity index (χ4n) is 1.96. The summed E-state index contributed by atoms with van der Waals surface area (Å²) in [7, 11) is 4.06. The van der Waals surface area contributed by atoms with Gasteiger partial charge in [0.2, 0.25) is 0 Å². The van der Waals surface area contributed by atoms with Crippen LogP contribution in [-0.4, -0.2) is 45.1 Å². The van der Waals surface area contributed by atoms with Gasteiger partial charge < -0.3 is 20.1 Å². The maximum absolute atomic E-state index is 9.84. The van der Waals surface area contributed by atoms with E-state index in [1.54, 1.807) is 0 Å². The number of benzene rings is 1. The number of aliphatic hydroxyl groups excluding tert-OH is 1. The molecule has 4 heteroatoms. The molecule has 0 saturated heterocycles. The molecule has 1 unspecified atom stereocenters. The van der Waals surface area contributed by atoms with E-state index in [1.807, 2.05) is 20.2 Å². The first-order valence-electron chi connectivity index (χ1n) is 7.32. The van der Waals surface area contributed by atoms with E-state index < -0.39 is 6.10 Å². The molecule has 1 rings (SSSR count). The number of aryl methyl sites for hydroxylation is 1. The number of aliphatic hydroxyl groups is 1. The summed E-state index contributed by atoms with van der Waals surface area (Å²) in [6.45, 7) is 5.83. The maximum Gasteiger partial charge on any atom is 0.0945 e. The summed E-state index contributed by atoms with van der Waals surface area (Å²) < 4.78 is 5.41. The molecule has 0 aliphatic rings. The van der Waals surface area contributed by atoms with Crippen LogP contribution in [0.3, 0.4) is 0 Å². The second-order valence-corrected chi connectivity index (χ2v) is 5.36. The lowest BCUT2D eigenvalue weighted by atomic mass is 10.1. The van der Waals surface area contributed by atoms with E-state index in [4.69, 9.17) is 4.74 Å². The Labute approximate surface area is 122 Å². The lowest BCUT2D eigenvalue weighted by Crippen LogP contribution is -2.25. The minimum Gasteiger partial charge on any atom is -0.389 e. The normalized spacial score (nSPS) is 12.2. The largest absolute Gasteiger partial charge is 0.389 e. The molecule has 0 amide bonds. The third kappa shape index (κ3) is 5.80. The van der Waals surface area contributed by atoms with Crippen LogP contribution >= 0.6 is 0 Å². The van der Waals surface area contributed by atoms with Gasteiger partial charge in [0.05, 0.1) is 12.7 Å². The molecule has 0 fully saturated rings. The Hall–Kier alpha value is -1.26. The Morgan fingerprint density at radius 2 is 2.10 bits per heavy atom. The predicted molar refractivity (Wildman–Crippen MR) is 85.7 cm³/mol. The smallest absolute Gasteiger partial charge is 0.0945 e. The molecule has 4 nitrogen and oxygen atoms in total. The molecule has 0 aliphatic heterocycles. The number of hydrogen-bond donors (Lipinski definition) is 2. The van der Waals surface area contributed by atoms with Crippen LogP contribution in [0.5, 0.6) is 0 Å². The third-order valence-corrected chi connectivity index (χ3v) is 3.19. The first kappa shape index (κ1) is 16.8. The molecule has 1 aromatic rings. The van der Waals surface area contributed by atoms with Gasteiger partial charge in [-0.3, -0.25) is 0 Å². The van der Waals surface area contributed by atoms with E-state index in [2.05, 4.69) is 36.2 Å². The van der Waals surface area contributed by atoms with Crippen LogP contribution in [0.25, 0.3) is 0 Å². The lowest BCUT2D eigenvalue weighted by molar-refractivity contribution is 0.0422. The summed E-state index contributed by atoms with van der Waals surface area (Å²) >= 11 is 0.